The molecule has 0 amide bonds. The maximum atomic E-state index is 6.29. The van der Waals surface area contributed by atoms with Gasteiger partial charge in [0.15, 0.2) is 23.0 Å². The van der Waals surface area contributed by atoms with Gasteiger partial charge in [0.05, 0.1) is 14.2 Å². The molecule has 216 valence electrons. The van der Waals surface area contributed by atoms with Crippen molar-refractivity contribution in [2.24, 2.45) is 0 Å². The topological polar surface area (TPSA) is 40.2 Å². The summed E-state index contributed by atoms with van der Waals surface area (Å²) in [6.45, 7) is 2.05. The number of nitrogens with zero attached hydrogens (tertiary/aromatic N) is 1. The highest BCUT2D eigenvalue weighted by molar-refractivity contribution is 6.30. The van der Waals surface area contributed by atoms with Crippen LogP contribution in [0.5, 0.6) is 23.0 Å². The van der Waals surface area contributed by atoms with Gasteiger partial charge in [0, 0.05) is 46.6 Å². The van der Waals surface area contributed by atoms with Crippen LogP contribution in [0.1, 0.15) is 64.1 Å². The normalized spacial score (nSPS) is 18.8. The second-order valence-corrected chi connectivity index (χ2v) is 12.2. The Balaban J connectivity index is 1.32. The van der Waals surface area contributed by atoms with E-state index in [1.807, 2.05) is 24.3 Å². The zero-order valence-corrected chi connectivity index (χ0v) is 25.3. The number of hydrogen-bond acceptors (Lipinski definition) is 5. The van der Waals surface area contributed by atoms with Gasteiger partial charge in [-0.1, -0.05) is 53.5 Å². The van der Waals surface area contributed by atoms with Crippen LogP contribution in [0.3, 0.4) is 0 Å². The summed E-state index contributed by atoms with van der Waals surface area (Å²) in [4.78, 5) is 2.61. The van der Waals surface area contributed by atoms with E-state index in [1.54, 1.807) is 14.2 Å². The lowest BCUT2D eigenvalue weighted by atomic mass is 9.72. The van der Waals surface area contributed by atoms with Gasteiger partial charge in [0.25, 0.3) is 0 Å². The molecule has 0 N–H and O–H groups in total. The molecule has 3 aliphatic rings. The van der Waals surface area contributed by atoms with Gasteiger partial charge in [-0.05, 0) is 89.5 Å². The van der Waals surface area contributed by atoms with Crippen LogP contribution in [0.2, 0.25) is 10.0 Å². The first-order chi connectivity index (χ1) is 20.5. The van der Waals surface area contributed by atoms with Crippen LogP contribution in [-0.2, 0) is 13.0 Å². The Labute approximate surface area is 256 Å². The Morgan fingerprint density at radius 1 is 0.833 bits per heavy atom. The number of fused-ring (bicyclic) bond motifs is 5. The minimum Gasteiger partial charge on any atom is -0.493 e. The van der Waals surface area contributed by atoms with Crippen molar-refractivity contribution in [2.45, 2.75) is 43.7 Å². The Bertz CT molecular complexity index is 1560. The fraction of sp³-hybridized carbons (Fsp3) is 0.314. The summed E-state index contributed by atoms with van der Waals surface area (Å²) < 4.78 is 23.3. The maximum Gasteiger partial charge on any atom is 0.231 e. The predicted octanol–water partition coefficient (Wildman–Crippen LogP) is 8.55. The quantitative estimate of drug-likeness (QED) is 0.212. The van der Waals surface area contributed by atoms with E-state index in [0.717, 1.165) is 65.4 Å². The third-order valence-corrected chi connectivity index (χ3v) is 9.66. The summed E-state index contributed by atoms with van der Waals surface area (Å²) in [5.41, 5.74) is 7.72. The largest absolute Gasteiger partial charge is 0.493 e. The SMILES string of the molecule is COc1ccc2c(c1OC)CN1CCc3cc4c(cc3C1C2CCC(c1ccc(Cl)cc1)c1ccc(Cl)cc1)OCO4. The van der Waals surface area contributed by atoms with Crippen molar-refractivity contribution in [1.29, 1.82) is 0 Å². The van der Waals surface area contributed by atoms with Crippen LogP contribution in [0.15, 0.2) is 72.8 Å². The average molecular weight is 603 g/mol. The highest BCUT2D eigenvalue weighted by Gasteiger charge is 2.42. The first-order valence-corrected chi connectivity index (χ1v) is 15.2. The van der Waals surface area contributed by atoms with Crippen LogP contribution in [0.4, 0.5) is 0 Å². The molecule has 0 fully saturated rings. The zero-order chi connectivity index (χ0) is 28.8. The lowest BCUT2D eigenvalue weighted by molar-refractivity contribution is 0.125. The summed E-state index contributed by atoms with van der Waals surface area (Å²) in [6.07, 6.45) is 2.88. The molecule has 0 saturated heterocycles. The smallest absolute Gasteiger partial charge is 0.231 e. The summed E-state index contributed by atoms with van der Waals surface area (Å²) in [5, 5.41) is 1.48. The van der Waals surface area contributed by atoms with Gasteiger partial charge in [0.2, 0.25) is 6.79 Å². The number of halogens is 2. The van der Waals surface area contributed by atoms with Crippen LogP contribution in [0.25, 0.3) is 0 Å². The van der Waals surface area contributed by atoms with Crippen LogP contribution < -0.4 is 18.9 Å². The standard InChI is InChI=1S/C35H33Cl2NO4/c1-39-31-14-13-27-28(12-11-26(21-3-7-24(36)8-4-21)22-5-9-25(37)10-6-22)34-29-18-33-32(41-20-42-33)17-23(29)15-16-38(34)19-30(27)35(31)40-2/h3-10,13-14,17-18,26,28,34H,11-12,15-16,19-20H2,1-2H3. The highest BCUT2D eigenvalue weighted by Crippen LogP contribution is 2.53. The predicted molar refractivity (Wildman–Crippen MR) is 166 cm³/mol. The first-order valence-electron chi connectivity index (χ1n) is 14.4. The summed E-state index contributed by atoms with van der Waals surface area (Å²) >= 11 is 12.6. The van der Waals surface area contributed by atoms with E-state index < -0.39 is 0 Å². The number of ether oxygens (including phenoxy) is 4. The number of rotatable bonds is 7. The van der Waals surface area contributed by atoms with Crippen molar-refractivity contribution in [2.75, 3.05) is 27.6 Å². The fourth-order valence-electron chi connectivity index (χ4n) is 7.21. The summed E-state index contributed by atoms with van der Waals surface area (Å²) in [7, 11) is 3.44. The van der Waals surface area contributed by atoms with Crippen molar-refractivity contribution in [3.8, 4) is 23.0 Å². The zero-order valence-electron chi connectivity index (χ0n) is 23.7. The molecule has 2 unspecified atom stereocenters. The van der Waals surface area contributed by atoms with Gasteiger partial charge >= 0.3 is 0 Å². The highest BCUT2D eigenvalue weighted by atomic mass is 35.5. The summed E-state index contributed by atoms with van der Waals surface area (Å²) in [5.74, 6) is 3.73. The van der Waals surface area contributed by atoms with E-state index in [9.17, 15) is 0 Å². The van der Waals surface area contributed by atoms with Gasteiger partial charge in [0.1, 0.15) is 0 Å². The molecule has 3 heterocycles. The van der Waals surface area contributed by atoms with Gasteiger partial charge < -0.3 is 18.9 Å². The van der Waals surface area contributed by atoms with E-state index in [0.29, 0.717) is 0 Å². The molecule has 5 nitrogen and oxygen atoms in total. The van der Waals surface area contributed by atoms with E-state index in [2.05, 4.69) is 53.4 Å². The molecule has 7 heteroatoms. The molecule has 0 radical (unpaired) electrons. The van der Waals surface area contributed by atoms with Crippen molar-refractivity contribution >= 4 is 23.2 Å². The van der Waals surface area contributed by atoms with Crippen molar-refractivity contribution in [3.63, 3.8) is 0 Å². The molecule has 7 rings (SSSR count). The third kappa shape index (κ3) is 4.88. The average Bonchev–Trinajstić information content (AvgIpc) is 3.48. The van der Waals surface area contributed by atoms with E-state index in [4.69, 9.17) is 42.1 Å². The van der Waals surface area contributed by atoms with Crippen LogP contribution >= 0.6 is 23.2 Å². The molecule has 42 heavy (non-hydrogen) atoms. The number of hydrogen-bond donors (Lipinski definition) is 0. The fourth-order valence-corrected chi connectivity index (χ4v) is 7.46. The van der Waals surface area contributed by atoms with Crippen LogP contribution in [0, 0.1) is 0 Å². The molecule has 0 aromatic heterocycles. The van der Waals surface area contributed by atoms with Gasteiger partial charge in [-0.3, -0.25) is 4.90 Å². The van der Waals surface area contributed by atoms with Gasteiger partial charge in [-0.2, -0.15) is 0 Å². The lowest BCUT2D eigenvalue weighted by Crippen LogP contribution is -2.42. The molecule has 4 aromatic carbocycles. The van der Waals surface area contributed by atoms with Gasteiger partial charge in [-0.15, -0.1) is 0 Å². The monoisotopic (exact) mass is 601 g/mol. The lowest BCUT2D eigenvalue weighted by Gasteiger charge is -2.47. The Kier molecular flexibility index (Phi) is 7.43. The number of methoxy groups -OCH3 is 2. The molecule has 4 aromatic rings. The van der Waals surface area contributed by atoms with Gasteiger partial charge in [-0.25, -0.2) is 0 Å². The minimum atomic E-state index is 0.193. The molecule has 0 saturated carbocycles. The second-order valence-electron chi connectivity index (χ2n) is 11.3. The Hall–Kier alpha value is -3.38. The van der Waals surface area contributed by atoms with E-state index in [1.165, 1.54) is 33.4 Å². The molecular weight excluding hydrogens is 569 g/mol. The third-order valence-electron chi connectivity index (χ3n) is 9.15. The Morgan fingerprint density at radius 3 is 2.14 bits per heavy atom. The minimum absolute atomic E-state index is 0.193. The van der Waals surface area contributed by atoms with Crippen molar-refractivity contribution in [1.82, 2.24) is 4.90 Å². The second kappa shape index (κ2) is 11.4. The first kappa shape index (κ1) is 27.5. The Morgan fingerprint density at radius 2 is 1.50 bits per heavy atom. The van der Waals surface area contributed by atoms with Crippen molar-refractivity contribution in [3.05, 3.63) is 116 Å². The molecule has 2 atom stereocenters. The summed E-state index contributed by atoms with van der Waals surface area (Å²) in [6, 6.07) is 25.4. The van der Waals surface area contributed by atoms with Crippen LogP contribution in [-0.4, -0.2) is 32.5 Å². The van der Waals surface area contributed by atoms with E-state index >= 15 is 0 Å². The molecule has 0 spiro atoms. The van der Waals surface area contributed by atoms with Crippen molar-refractivity contribution < 1.29 is 18.9 Å². The molecule has 0 bridgehead atoms. The van der Waals surface area contributed by atoms with E-state index in [-0.39, 0.29) is 24.7 Å². The number of benzene rings is 4. The maximum absolute atomic E-state index is 6.29. The molecular formula is C35H33Cl2NO4. The molecule has 3 aliphatic heterocycles. The molecule has 0 aliphatic carbocycles.